The van der Waals surface area contributed by atoms with Gasteiger partial charge in [0.1, 0.15) is 5.82 Å². The monoisotopic (exact) mass is 391 g/mol. The molecular weight excluding hydrogens is 365 g/mol. The summed E-state index contributed by atoms with van der Waals surface area (Å²) in [4.78, 5) is 4.43. The molecule has 1 N–H and O–H groups in total. The second kappa shape index (κ2) is 10.3. The second-order valence-electron chi connectivity index (χ2n) is 6.55. The van der Waals surface area contributed by atoms with Crippen LogP contribution in [0.5, 0.6) is 0 Å². The van der Waals surface area contributed by atoms with Crippen LogP contribution < -0.4 is 5.32 Å². The fourth-order valence-corrected chi connectivity index (χ4v) is 2.76. The maximum atomic E-state index is 5.96. The van der Waals surface area contributed by atoms with Crippen LogP contribution in [0.2, 0.25) is 5.02 Å². The first-order valence-electron chi connectivity index (χ1n) is 7.92. The lowest BCUT2D eigenvalue weighted by atomic mass is 9.94. The van der Waals surface area contributed by atoms with Crippen LogP contribution in [0.25, 0.3) is 0 Å². The van der Waals surface area contributed by atoms with E-state index in [2.05, 4.69) is 60.9 Å². The van der Waals surface area contributed by atoms with E-state index in [9.17, 15) is 0 Å². The summed E-state index contributed by atoms with van der Waals surface area (Å²) in [6.07, 6.45) is 5.03. The highest BCUT2D eigenvalue weighted by Crippen LogP contribution is 2.22. The molecule has 1 aromatic carbocycles. The third-order valence-electron chi connectivity index (χ3n) is 3.97. The van der Waals surface area contributed by atoms with Gasteiger partial charge < -0.3 is 9.88 Å². The van der Waals surface area contributed by atoms with Gasteiger partial charge in [0.25, 0.3) is 0 Å². The predicted molar refractivity (Wildman–Crippen MR) is 108 cm³/mol. The van der Waals surface area contributed by atoms with E-state index >= 15 is 0 Å². The fourth-order valence-electron chi connectivity index (χ4n) is 2.63. The maximum Gasteiger partial charge on any atom is 0.111 e. The molecule has 6 heteroatoms. The Labute approximate surface area is 163 Å². The van der Waals surface area contributed by atoms with Crippen LogP contribution in [-0.2, 0) is 12.1 Å². The molecule has 0 aliphatic heterocycles. The number of hydrogen-bond donors (Lipinski definition) is 1. The molecule has 0 bridgehead atoms. The van der Waals surface area contributed by atoms with Crippen molar-refractivity contribution in [3.8, 4) is 0 Å². The summed E-state index contributed by atoms with van der Waals surface area (Å²) in [7, 11) is 0. The van der Waals surface area contributed by atoms with Crippen LogP contribution >= 0.6 is 36.4 Å². The molecule has 0 unspecified atom stereocenters. The van der Waals surface area contributed by atoms with E-state index in [-0.39, 0.29) is 30.4 Å². The largest absolute Gasteiger partial charge is 0.335 e. The molecule has 2 rings (SSSR count). The van der Waals surface area contributed by atoms with E-state index in [0.717, 1.165) is 30.4 Å². The van der Waals surface area contributed by atoms with Crippen molar-refractivity contribution in [3.63, 3.8) is 0 Å². The first-order valence-corrected chi connectivity index (χ1v) is 8.30. The van der Waals surface area contributed by atoms with Crippen LogP contribution in [0.15, 0.2) is 36.7 Å². The Balaban J connectivity index is 0.00000264. The maximum absolute atomic E-state index is 5.96. The van der Waals surface area contributed by atoms with Gasteiger partial charge in [0.2, 0.25) is 0 Å². The van der Waals surface area contributed by atoms with Crippen molar-refractivity contribution in [2.45, 2.75) is 52.1 Å². The van der Waals surface area contributed by atoms with Gasteiger partial charge >= 0.3 is 0 Å². The van der Waals surface area contributed by atoms with Gasteiger partial charge in [-0.1, -0.05) is 37.6 Å². The molecule has 0 spiro atoms. The molecule has 0 atom stereocenters. The van der Waals surface area contributed by atoms with Gasteiger partial charge in [-0.15, -0.1) is 24.8 Å². The molecule has 1 aromatic heterocycles. The number of nitrogens with one attached hydrogen (secondary N) is 1. The summed E-state index contributed by atoms with van der Waals surface area (Å²) in [5.41, 5.74) is 1.20. The first-order chi connectivity index (χ1) is 10.4. The molecule has 0 saturated carbocycles. The molecule has 0 fully saturated rings. The van der Waals surface area contributed by atoms with Crippen molar-refractivity contribution >= 4 is 36.4 Å². The van der Waals surface area contributed by atoms with E-state index < -0.39 is 0 Å². The van der Waals surface area contributed by atoms with E-state index in [4.69, 9.17) is 11.6 Å². The SMILES string of the molecule is CC(C)c1nccn1CCCNC(C)(C)c1ccc(Cl)cc1.Cl.Cl. The van der Waals surface area contributed by atoms with Crippen LogP contribution in [0.3, 0.4) is 0 Å². The average molecular weight is 393 g/mol. The fraction of sp³-hybridized carbons (Fsp3) is 0.500. The van der Waals surface area contributed by atoms with Gasteiger partial charge in [-0.25, -0.2) is 4.98 Å². The summed E-state index contributed by atoms with van der Waals surface area (Å²) >= 11 is 5.96. The molecule has 1 heterocycles. The highest BCUT2D eigenvalue weighted by atomic mass is 35.5. The van der Waals surface area contributed by atoms with Crippen molar-refractivity contribution in [2.75, 3.05) is 6.54 Å². The van der Waals surface area contributed by atoms with Crippen molar-refractivity contribution < 1.29 is 0 Å². The average Bonchev–Trinajstić information content (AvgIpc) is 2.93. The molecule has 0 amide bonds. The zero-order valence-corrected chi connectivity index (χ0v) is 17.1. The van der Waals surface area contributed by atoms with Crippen LogP contribution in [-0.4, -0.2) is 16.1 Å². The molecule has 0 aliphatic carbocycles. The van der Waals surface area contributed by atoms with Crippen LogP contribution in [0.1, 0.15) is 51.4 Å². The number of halogens is 3. The Morgan fingerprint density at radius 2 is 1.79 bits per heavy atom. The van der Waals surface area contributed by atoms with Gasteiger partial charge in [-0.3, -0.25) is 0 Å². The van der Waals surface area contributed by atoms with Crippen LogP contribution in [0.4, 0.5) is 0 Å². The molecule has 0 aliphatic rings. The number of rotatable bonds is 7. The Hall–Kier alpha value is -0.740. The number of nitrogens with zero attached hydrogens (tertiary/aromatic N) is 2. The summed E-state index contributed by atoms with van der Waals surface area (Å²) in [5, 5.41) is 4.41. The number of aromatic nitrogens is 2. The molecule has 0 radical (unpaired) electrons. The zero-order valence-electron chi connectivity index (χ0n) is 14.8. The minimum absolute atomic E-state index is 0. The van der Waals surface area contributed by atoms with Crippen molar-refractivity contribution in [1.82, 2.24) is 14.9 Å². The molecule has 0 saturated heterocycles. The third-order valence-corrected chi connectivity index (χ3v) is 4.22. The summed E-state index contributed by atoms with van der Waals surface area (Å²) in [6.45, 7) is 10.7. The lowest BCUT2D eigenvalue weighted by Gasteiger charge is -2.27. The summed E-state index contributed by atoms with van der Waals surface area (Å²) in [6, 6.07) is 8.06. The lowest BCUT2D eigenvalue weighted by Crippen LogP contribution is -2.37. The summed E-state index contributed by atoms with van der Waals surface area (Å²) < 4.78 is 2.25. The molecule has 24 heavy (non-hydrogen) atoms. The Morgan fingerprint density at radius 3 is 2.38 bits per heavy atom. The lowest BCUT2D eigenvalue weighted by molar-refractivity contribution is 0.391. The topological polar surface area (TPSA) is 29.9 Å². The third kappa shape index (κ3) is 6.29. The van der Waals surface area contributed by atoms with Gasteiger partial charge in [0, 0.05) is 35.4 Å². The normalized spacial score (nSPS) is 11.1. The number of benzene rings is 1. The minimum Gasteiger partial charge on any atom is -0.335 e. The van der Waals surface area contributed by atoms with E-state index in [1.807, 2.05) is 18.3 Å². The Bertz CT molecular complexity index is 592. The number of aryl methyl sites for hydroxylation is 1. The van der Waals surface area contributed by atoms with Crippen molar-refractivity contribution in [2.24, 2.45) is 0 Å². The molecule has 3 nitrogen and oxygen atoms in total. The summed E-state index contributed by atoms with van der Waals surface area (Å²) in [5.74, 6) is 1.63. The highest BCUT2D eigenvalue weighted by Gasteiger charge is 2.19. The zero-order chi connectivity index (χ0) is 16.2. The van der Waals surface area contributed by atoms with Crippen molar-refractivity contribution in [1.29, 1.82) is 0 Å². The minimum atomic E-state index is -0.0552. The van der Waals surface area contributed by atoms with Gasteiger partial charge in [-0.05, 0) is 44.5 Å². The number of hydrogen-bond acceptors (Lipinski definition) is 2. The molecule has 2 aromatic rings. The second-order valence-corrected chi connectivity index (χ2v) is 6.98. The predicted octanol–water partition coefficient (Wildman–Crippen LogP) is 5.42. The standard InChI is InChI=1S/C18H26ClN3.2ClH/c1-14(2)17-20-11-13-22(17)12-5-10-21-18(3,4)15-6-8-16(19)9-7-15;;/h6-9,11,13-14,21H,5,10,12H2,1-4H3;2*1H. The quantitative estimate of drug-likeness (QED) is 0.638. The van der Waals surface area contributed by atoms with Gasteiger partial charge in [-0.2, -0.15) is 0 Å². The van der Waals surface area contributed by atoms with E-state index in [1.165, 1.54) is 5.56 Å². The van der Waals surface area contributed by atoms with Gasteiger partial charge in [0.05, 0.1) is 0 Å². The Kier molecular flexibility index (Phi) is 9.98. The molecular formula is C18H28Cl3N3. The Morgan fingerprint density at radius 1 is 1.17 bits per heavy atom. The highest BCUT2D eigenvalue weighted by molar-refractivity contribution is 6.30. The van der Waals surface area contributed by atoms with Crippen LogP contribution in [0, 0.1) is 0 Å². The van der Waals surface area contributed by atoms with Crippen molar-refractivity contribution in [3.05, 3.63) is 53.1 Å². The first kappa shape index (κ1) is 23.3. The number of imidazole rings is 1. The van der Waals surface area contributed by atoms with E-state index in [1.54, 1.807) is 0 Å². The molecule has 136 valence electrons. The van der Waals surface area contributed by atoms with E-state index in [0.29, 0.717) is 5.92 Å². The smallest absolute Gasteiger partial charge is 0.111 e. The van der Waals surface area contributed by atoms with Gasteiger partial charge in [0.15, 0.2) is 0 Å².